The maximum atomic E-state index is 13.5. The lowest BCUT2D eigenvalue weighted by Gasteiger charge is -2.17. The summed E-state index contributed by atoms with van der Waals surface area (Å²) in [5.74, 6) is 0.603. The Bertz CT molecular complexity index is 1670. The fraction of sp³-hybridized carbons (Fsp3) is 0.0323. The molecule has 1 aliphatic rings. The molecule has 0 spiro atoms. The minimum absolute atomic E-state index is 0.120. The first-order valence-electron chi connectivity index (χ1n) is 11.6. The van der Waals surface area contributed by atoms with E-state index in [9.17, 15) is 4.79 Å². The van der Waals surface area contributed by atoms with Crippen molar-refractivity contribution in [3.63, 3.8) is 0 Å². The molecule has 3 nitrogen and oxygen atoms in total. The zero-order chi connectivity index (χ0) is 24.5. The van der Waals surface area contributed by atoms with Crippen molar-refractivity contribution in [1.29, 1.82) is 0 Å². The van der Waals surface area contributed by atoms with E-state index in [1.54, 1.807) is 4.90 Å². The minimum Gasteiger partial charge on any atom is -0.488 e. The number of para-hydroxylation sites is 1. The maximum Gasteiger partial charge on any atom is 0.270 e. The molecule has 6 rings (SSSR count). The molecule has 1 saturated heterocycles. The minimum atomic E-state index is -0.120. The van der Waals surface area contributed by atoms with Crippen molar-refractivity contribution in [1.82, 2.24) is 0 Å². The molecule has 1 aliphatic heterocycles. The van der Waals surface area contributed by atoms with Gasteiger partial charge in [-0.3, -0.25) is 9.69 Å². The van der Waals surface area contributed by atoms with Crippen molar-refractivity contribution >= 4 is 67.5 Å². The van der Waals surface area contributed by atoms with Crippen LogP contribution in [0.1, 0.15) is 11.1 Å². The Balaban J connectivity index is 1.27. The van der Waals surface area contributed by atoms with E-state index in [1.165, 1.54) is 22.5 Å². The lowest BCUT2D eigenvalue weighted by molar-refractivity contribution is -0.113. The van der Waals surface area contributed by atoms with Crippen LogP contribution < -0.4 is 9.64 Å². The maximum absolute atomic E-state index is 13.5. The third-order valence-electron chi connectivity index (χ3n) is 6.22. The highest BCUT2D eigenvalue weighted by molar-refractivity contribution is 8.27. The van der Waals surface area contributed by atoms with Crippen LogP contribution in [0.5, 0.6) is 5.75 Å². The second-order valence-electron chi connectivity index (χ2n) is 8.52. The molecule has 0 saturated carbocycles. The van der Waals surface area contributed by atoms with Gasteiger partial charge in [0.1, 0.15) is 12.4 Å². The third kappa shape index (κ3) is 4.28. The number of benzene rings is 5. The van der Waals surface area contributed by atoms with Crippen LogP contribution >= 0.6 is 24.0 Å². The van der Waals surface area contributed by atoms with Gasteiger partial charge in [0, 0.05) is 10.9 Å². The summed E-state index contributed by atoms with van der Waals surface area (Å²) >= 11 is 6.96. The number of carbonyl (C=O) groups excluding carboxylic acids is 1. The summed E-state index contributed by atoms with van der Waals surface area (Å²) in [5.41, 5.74) is 2.74. The number of amides is 1. The largest absolute Gasteiger partial charge is 0.488 e. The number of ether oxygens (including phenoxy) is 1. The number of rotatable bonds is 5. The molecule has 1 fully saturated rings. The van der Waals surface area contributed by atoms with E-state index >= 15 is 0 Å². The molecule has 0 bridgehead atoms. The van der Waals surface area contributed by atoms with E-state index in [0.717, 1.165) is 33.3 Å². The molecule has 0 radical (unpaired) electrons. The van der Waals surface area contributed by atoms with Gasteiger partial charge in [-0.25, -0.2) is 0 Å². The summed E-state index contributed by atoms with van der Waals surface area (Å²) in [6, 6.07) is 36.3. The van der Waals surface area contributed by atoms with Crippen LogP contribution in [-0.2, 0) is 11.4 Å². The van der Waals surface area contributed by atoms with Crippen LogP contribution in [0, 0.1) is 0 Å². The van der Waals surface area contributed by atoms with Crippen LogP contribution in [0.15, 0.2) is 114 Å². The van der Waals surface area contributed by atoms with Crippen molar-refractivity contribution < 1.29 is 9.53 Å². The van der Waals surface area contributed by atoms with E-state index in [2.05, 4.69) is 30.3 Å². The molecule has 0 N–H and O–H groups in total. The van der Waals surface area contributed by atoms with E-state index in [0.29, 0.717) is 15.8 Å². The number of anilines is 1. The normalized spacial score (nSPS) is 14.8. The summed E-state index contributed by atoms with van der Waals surface area (Å²) in [6.45, 7) is 0.437. The first-order chi connectivity index (χ1) is 17.7. The van der Waals surface area contributed by atoms with Gasteiger partial charge in [-0.15, -0.1) is 0 Å². The van der Waals surface area contributed by atoms with Gasteiger partial charge in [0.2, 0.25) is 0 Å². The molecular weight excluding hydrogens is 482 g/mol. The Morgan fingerprint density at radius 3 is 2.39 bits per heavy atom. The van der Waals surface area contributed by atoms with Gasteiger partial charge in [0.05, 0.1) is 10.6 Å². The molecule has 0 atom stereocenters. The number of hydrogen-bond donors (Lipinski definition) is 0. The van der Waals surface area contributed by atoms with Gasteiger partial charge in [-0.2, -0.15) is 0 Å². The van der Waals surface area contributed by atoms with Gasteiger partial charge >= 0.3 is 0 Å². The Labute approximate surface area is 219 Å². The zero-order valence-electron chi connectivity index (χ0n) is 19.3. The fourth-order valence-electron chi connectivity index (χ4n) is 4.44. The smallest absolute Gasteiger partial charge is 0.270 e. The van der Waals surface area contributed by atoms with E-state index in [1.807, 2.05) is 84.9 Å². The Morgan fingerprint density at radius 2 is 1.50 bits per heavy atom. The Hall–Kier alpha value is -3.93. The van der Waals surface area contributed by atoms with Crippen molar-refractivity contribution in [2.24, 2.45) is 0 Å². The summed E-state index contributed by atoms with van der Waals surface area (Å²) in [7, 11) is 0. The fourth-order valence-corrected chi connectivity index (χ4v) is 5.72. The first kappa shape index (κ1) is 22.5. The SMILES string of the molecule is O=C1/C(=C\c2ccccc2OCc2ccc3ccccc3c2)SC(=S)N1c1cccc2ccccc12. The molecule has 1 heterocycles. The van der Waals surface area contributed by atoms with E-state index < -0.39 is 0 Å². The molecule has 5 aromatic carbocycles. The summed E-state index contributed by atoms with van der Waals surface area (Å²) in [5, 5.41) is 4.45. The summed E-state index contributed by atoms with van der Waals surface area (Å²) in [6.07, 6.45) is 1.88. The van der Waals surface area contributed by atoms with Gasteiger partial charge in [0.25, 0.3) is 5.91 Å². The van der Waals surface area contributed by atoms with E-state index in [4.69, 9.17) is 17.0 Å². The van der Waals surface area contributed by atoms with Crippen LogP contribution in [0.4, 0.5) is 5.69 Å². The quantitative estimate of drug-likeness (QED) is 0.180. The van der Waals surface area contributed by atoms with Gasteiger partial charge in [-0.05, 0) is 46.0 Å². The van der Waals surface area contributed by atoms with Crippen LogP contribution in [0.3, 0.4) is 0 Å². The molecule has 174 valence electrons. The van der Waals surface area contributed by atoms with Crippen molar-refractivity contribution in [3.05, 3.63) is 125 Å². The molecule has 36 heavy (non-hydrogen) atoms. The molecule has 0 aliphatic carbocycles. The second-order valence-corrected chi connectivity index (χ2v) is 10.2. The third-order valence-corrected chi connectivity index (χ3v) is 7.52. The van der Waals surface area contributed by atoms with Gasteiger partial charge in [0.15, 0.2) is 4.32 Å². The number of thiocarbonyl (C=S) groups is 1. The molecular formula is C31H21NO2S2. The standard InChI is InChI=1S/C31H21NO2S2/c33-30-29(36-31(35)32(30)27-14-7-12-23-9-3-5-13-26(23)27)19-25-11-4-6-15-28(25)34-20-21-16-17-22-8-1-2-10-24(22)18-21/h1-19H,20H2/b29-19+. The lowest BCUT2D eigenvalue weighted by atomic mass is 10.1. The number of fused-ring (bicyclic) bond motifs is 2. The number of hydrogen-bond acceptors (Lipinski definition) is 4. The molecule has 1 amide bonds. The topological polar surface area (TPSA) is 29.5 Å². The van der Waals surface area contributed by atoms with Crippen LogP contribution in [0.2, 0.25) is 0 Å². The highest BCUT2D eigenvalue weighted by Crippen LogP contribution is 2.39. The van der Waals surface area contributed by atoms with Crippen molar-refractivity contribution in [3.8, 4) is 5.75 Å². The Morgan fingerprint density at radius 1 is 0.778 bits per heavy atom. The molecule has 5 aromatic rings. The van der Waals surface area contributed by atoms with Crippen molar-refractivity contribution in [2.75, 3.05) is 4.90 Å². The molecule has 5 heteroatoms. The summed E-state index contributed by atoms with van der Waals surface area (Å²) < 4.78 is 6.73. The number of nitrogens with zero attached hydrogens (tertiary/aromatic N) is 1. The highest BCUT2D eigenvalue weighted by Gasteiger charge is 2.34. The zero-order valence-corrected chi connectivity index (χ0v) is 20.9. The van der Waals surface area contributed by atoms with Gasteiger partial charge < -0.3 is 4.74 Å². The van der Waals surface area contributed by atoms with Crippen LogP contribution in [-0.4, -0.2) is 10.2 Å². The predicted octanol–water partition coefficient (Wildman–Crippen LogP) is 7.98. The van der Waals surface area contributed by atoms with Crippen LogP contribution in [0.25, 0.3) is 27.6 Å². The number of carbonyl (C=O) groups is 1. The molecule has 0 aromatic heterocycles. The Kier molecular flexibility index (Phi) is 6.01. The lowest BCUT2D eigenvalue weighted by Crippen LogP contribution is -2.27. The first-order valence-corrected chi connectivity index (χ1v) is 12.8. The molecule has 0 unspecified atom stereocenters. The van der Waals surface area contributed by atoms with Gasteiger partial charge in [-0.1, -0.05) is 115 Å². The predicted molar refractivity (Wildman–Crippen MR) is 154 cm³/mol. The second kappa shape index (κ2) is 9.61. The average molecular weight is 504 g/mol. The number of thioether (sulfide) groups is 1. The summed E-state index contributed by atoms with van der Waals surface area (Å²) in [4.78, 5) is 15.7. The van der Waals surface area contributed by atoms with E-state index in [-0.39, 0.29) is 5.91 Å². The van der Waals surface area contributed by atoms with Crippen molar-refractivity contribution in [2.45, 2.75) is 6.61 Å². The highest BCUT2D eigenvalue weighted by atomic mass is 32.2. The average Bonchev–Trinajstić information content (AvgIpc) is 3.19. The monoisotopic (exact) mass is 503 g/mol.